The minimum atomic E-state index is -0.984. The number of anilines is 1. The number of fused-ring (bicyclic) bond motifs is 2. The van der Waals surface area contributed by atoms with Gasteiger partial charge in [0.05, 0.1) is 17.1 Å². The van der Waals surface area contributed by atoms with E-state index in [1.54, 1.807) is 24.3 Å². The fourth-order valence-corrected chi connectivity index (χ4v) is 4.08. The molecule has 0 saturated heterocycles. The minimum absolute atomic E-state index is 0.0290. The van der Waals surface area contributed by atoms with Gasteiger partial charge >= 0.3 is 5.97 Å². The second kappa shape index (κ2) is 6.32. The fraction of sp³-hybridized carbons (Fsp3) is 0.300. The van der Waals surface area contributed by atoms with Crippen LogP contribution < -0.4 is 10.1 Å². The second-order valence-electron chi connectivity index (χ2n) is 6.87. The first-order chi connectivity index (χ1) is 12.5. The van der Waals surface area contributed by atoms with E-state index in [2.05, 4.69) is 5.32 Å². The number of amides is 1. The van der Waals surface area contributed by atoms with Crippen LogP contribution in [0.2, 0.25) is 5.02 Å². The predicted molar refractivity (Wildman–Crippen MR) is 98.0 cm³/mol. The molecule has 1 aliphatic heterocycles. The number of carboxylic acid groups (broad SMARTS) is 1. The van der Waals surface area contributed by atoms with E-state index in [1.165, 1.54) is 6.07 Å². The van der Waals surface area contributed by atoms with Crippen molar-refractivity contribution in [2.24, 2.45) is 0 Å². The summed E-state index contributed by atoms with van der Waals surface area (Å²) in [6, 6.07) is 12.1. The van der Waals surface area contributed by atoms with Crippen LogP contribution in [-0.2, 0) is 10.2 Å². The van der Waals surface area contributed by atoms with Crippen LogP contribution in [0.3, 0.4) is 0 Å². The third-order valence-corrected chi connectivity index (χ3v) is 5.62. The topological polar surface area (TPSA) is 75.6 Å². The maximum absolute atomic E-state index is 12.7. The molecule has 0 unspecified atom stereocenters. The molecule has 1 saturated carbocycles. The van der Waals surface area contributed by atoms with Gasteiger partial charge in [-0.1, -0.05) is 11.6 Å². The normalized spacial score (nSPS) is 24.2. The second-order valence-corrected chi connectivity index (χ2v) is 7.31. The number of hydrogen-bond donors (Lipinski definition) is 2. The third kappa shape index (κ3) is 2.82. The molecule has 2 aromatic carbocycles. The van der Waals surface area contributed by atoms with Crippen molar-refractivity contribution in [2.45, 2.75) is 37.2 Å². The summed E-state index contributed by atoms with van der Waals surface area (Å²) < 4.78 is 6.01. The monoisotopic (exact) mass is 371 g/mol. The van der Waals surface area contributed by atoms with Gasteiger partial charge in [-0.05, 0) is 73.7 Å². The Morgan fingerprint density at radius 3 is 2.50 bits per heavy atom. The minimum Gasteiger partial charge on any atom is -0.490 e. The highest BCUT2D eigenvalue weighted by atomic mass is 35.5. The Hall–Kier alpha value is -2.53. The molecule has 2 N–H and O–H groups in total. The number of hydrogen-bond acceptors (Lipinski definition) is 3. The van der Waals surface area contributed by atoms with Crippen LogP contribution in [0.15, 0.2) is 42.5 Å². The number of aromatic carboxylic acids is 1. The average molecular weight is 372 g/mol. The lowest BCUT2D eigenvalue weighted by Crippen LogP contribution is -2.40. The lowest BCUT2D eigenvalue weighted by atomic mass is 9.69. The summed E-state index contributed by atoms with van der Waals surface area (Å²) in [7, 11) is 0. The third-order valence-electron chi connectivity index (χ3n) is 5.37. The van der Waals surface area contributed by atoms with Crippen LogP contribution in [0.25, 0.3) is 0 Å². The van der Waals surface area contributed by atoms with Crippen molar-refractivity contribution in [3.05, 3.63) is 58.6 Å². The summed E-state index contributed by atoms with van der Waals surface area (Å²) in [6.45, 7) is 0. The molecular formula is C20H18ClNO4. The number of benzene rings is 2. The van der Waals surface area contributed by atoms with Gasteiger partial charge in [-0.2, -0.15) is 0 Å². The Morgan fingerprint density at radius 1 is 1.15 bits per heavy atom. The quantitative estimate of drug-likeness (QED) is 0.845. The van der Waals surface area contributed by atoms with Gasteiger partial charge in [-0.3, -0.25) is 4.79 Å². The van der Waals surface area contributed by atoms with Gasteiger partial charge in [0.25, 0.3) is 0 Å². The first kappa shape index (κ1) is 16.9. The molecule has 26 heavy (non-hydrogen) atoms. The van der Waals surface area contributed by atoms with E-state index < -0.39 is 11.4 Å². The first-order valence-electron chi connectivity index (χ1n) is 8.59. The summed E-state index contributed by atoms with van der Waals surface area (Å²) >= 11 is 5.89. The highest BCUT2D eigenvalue weighted by Crippen LogP contribution is 2.48. The lowest BCUT2D eigenvalue weighted by Gasteiger charge is -2.35. The van der Waals surface area contributed by atoms with Crippen molar-refractivity contribution < 1.29 is 19.4 Å². The van der Waals surface area contributed by atoms with Gasteiger partial charge in [0.1, 0.15) is 5.75 Å². The van der Waals surface area contributed by atoms with E-state index in [0.29, 0.717) is 17.9 Å². The Labute approximate surface area is 155 Å². The molecule has 2 aromatic rings. The SMILES string of the molecule is O=C(O)c1ccc2c(c1)C1(CCC(Oc3ccc(Cl)cc3)CC1)C(=O)N2. The molecule has 1 aliphatic carbocycles. The number of nitrogens with one attached hydrogen (secondary N) is 1. The standard InChI is InChI=1S/C20H18ClNO4/c21-13-2-4-14(5-3-13)26-15-7-9-20(10-8-15)16-11-12(18(23)24)1-6-17(16)22-19(20)25/h1-6,11,15H,7-10H2,(H,22,25)(H,23,24). The molecule has 1 fully saturated rings. The smallest absolute Gasteiger partial charge is 0.335 e. The number of rotatable bonds is 3. The molecule has 0 radical (unpaired) electrons. The van der Waals surface area contributed by atoms with Gasteiger partial charge < -0.3 is 15.2 Å². The maximum atomic E-state index is 12.7. The number of carbonyl (C=O) groups is 2. The Balaban J connectivity index is 1.53. The van der Waals surface area contributed by atoms with Crippen molar-refractivity contribution in [3.8, 4) is 5.75 Å². The molecule has 1 amide bonds. The zero-order chi connectivity index (χ0) is 18.3. The number of carboxylic acids is 1. The summed E-state index contributed by atoms with van der Waals surface area (Å²) in [5.74, 6) is -0.262. The summed E-state index contributed by atoms with van der Waals surface area (Å²) in [6.07, 6.45) is 2.75. The van der Waals surface area contributed by atoms with Crippen LogP contribution >= 0.6 is 11.6 Å². The van der Waals surface area contributed by atoms with E-state index >= 15 is 0 Å². The zero-order valence-electron chi connectivity index (χ0n) is 14.0. The molecule has 2 aliphatic rings. The molecule has 134 valence electrons. The molecule has 0 aromatic heterocycles. The predicted octanol–water partition coefficient (Wildman–Crippen LogP) is 4.25. The van der Waals surface area contributed by atoms with Gasteiger partial charge in [0, 0.05) is 10.7 Å². The number of halogens is 1. The van der Waals surface area contributed by atoms with Crippen molar-refractivity contribution in [1.82, 2.24) is 0 Å². The molecule has 1 heterocycles. The van der Waals surface area contributed by atoms with Crippen LogP contribution in [0.4, 0.5) is 5.69 Å². The van der Waals surface area contributed by atoms with E-state index in [4.69, 9.17) is 16.3 Å². The van der Waals surface area contributed by atoms with Gasteiger partial charge in [0.2, 0.25) is 5.91 Å². The molecular weight excluding hydrogens is 354 g/mol. The Morgan fingerprint density at radius 2 is 1.85 bits per heavy atom. The fourth-order valence-electron chi connectivity index (χ4n) is 3.95. The van der Waals surface area contributed by atoms with Crippen molar-refractivity contribution in [3.63, 3.8) is 0 Å². The molecule has 0 atom stereocenters. The Kier molecular flexibility index (Phi) is 4.11. The summed E-state index contributed by atoms with van der Waals surface area (Å²) in [5.41, 5.74) is 1.07. The van der Waals surface area contributed by atoms with Crippen molar-refractivity contribution in [2.75, 3.05) is 5.32 Å². The van der Waals surface area contributed by atoms with E-state index in [0.717, 1.165) is 29.8 Å². The first-order valence-corrected chi connectivity index (χ1v) is 8.97. The highest BCUT2D eigenvalue weighted by molar-refractivity contribution is 6.30. The molecule has 1 spiro atoms. The van der Waals surface area contributed by atoms with Crippen molar-refractivity contribution >= 4 is 29.2 Å². The van der Waals surface area contributed by atoms with Crippen molar-refractivity contribution in [1.29, 1.82) is 0 Å². The van der Waals surface area contributed by atoms with Gasteiger partial charge in [-0.25, -0.2) is 4.79 Å². The van der Waals surface area contributed by atoms with Crippen LogP contribution in [0, 0.1) is 0 Å². The van der Waals surface area contributed by atoms with E-state index in [1.807, 2.05) is 12.1 Å². The Bertz CT molecular complexity index is 870. The maximum Gasteiger partial charge on any atom is 0.335 e. The van der Waals surface area contributed by atoms with Crippen LogP contribution in [-0.4, -0.2) is 23.1 Å². The lowest BCUT2D eigenvalue weighted by molar-refractivity contribution is -0.122. The zero-order valence-corrected chi connectivity index (χ0v) is 14.8. The highest BCUT2D eigenvalue weighted by Gasteiger charge is 2.49. The molecule has 6 heteroatoms. The summed E-state index contributed by atoms with van der Waals surface area (Å²) in [4.78, 5) is 24.0. The van der Waals surface area contributed by atoms with Crippen LogP contribution in [0.5, 0.6) is 5.75 Å². The largest absolute Gasteiger partial charge is 0.490 e. The van der Waals surface area contributed by atoms with E-state index in [9.17, 15) is 14.7 Å². The van der Waals surface area contributed by atoms with Gasteiger partial charge in [0.15, 0.2) is 0 Å². The van der Waals surface area contributed by atoms with Crippen LogP contribution in [0.1, 0.15) is 41.6 Å². The molecule has 5 nitrogen and oxygen atoms in total. The molecule has 0 bridgehead atoms. The van der Waals surface area contributed by atoms with Gasteiger partial charge in [-0.15, -0.1) is 0 Å². The summed E-state index contributed by atoms with van der Waals surface area (Å²) in [5, 5.41) is 12.8. The molecule has 4 rings (SSSR count). The van der Waals surface area contributed by atoms with E-state index in [-0.39, 0.29) is 17.6 Å². The number of ether oxygens (including phenoxy) is 1. The number of carbonyl (C=O) groups excluding carboxylic acids is 1. The average Bonchev–Trinajstić information content (AvgIpc) is 2.90.